The van der Waals surface area contributed by atoms with E-state index in [0.717, 1.165) is 11.1 Å². The third-order valence-corrected chi connectivity index (χ3v) is 2.46. The van der Waals surface area contributed by atoms with Crippen molar-refractivity contribution in [2.45, 2.75) is 39.5 Å². The maximum Gasteiger partial charge on any atom is 0.267 e. The lowest BCUT2D eigenvalue weighted by atomic mass is 9.89. The van der Waals surface area contributed by atoms with Crippen LogP contribution in [0, 0.1) is 0 Å². The molecule has 0 spiro atoms. The van der Waals surface area contributed by atoms with E-state index >= 15 is 0 Å². The first-order valence-corrected chi connectivity index (χ1v) is 5.23. The Morgan fingerprint density at radius 3 is 2.27 bits per heavy atom. The van der Waals surface area contributed by atoms with E-state index in [-0.39, 0.29) is 5.92 Å². The molecule has 3 nitrogen and oxygen atoms in total. The molecule has 0 atom stereocenters. The molecular formula is C12H18N2O. The van der Waals surface area contributed by atoms with Gasteiger partial charge >= 0.3 is 0 Å². The summed E-state index contributed by atoms with van der Waals surface area (Å²) in [7, 11) is 0. The van der Waals surface area contributed by atoms with E-state index in [1.54, 1.807) is 6.20 Å². The van der Waals surface area contributed by atoms with Gasteiger partial charge in [0.05, 0.1) is 0 Å². The molecule has 82 valence electrons. The molecule has 2 N–H and O–H groups in total. The van der Waals surface area contributed by atoms with E-state index in [4.69, 9.17) is 5.73 Å². The van der Waals surface area contributed by atoms with Crippen molar-refractivity contribution in [3.63, 3.8) is 0 Å². The number of aromatic nitrogens is 1. The van der Waals surface area contributed by atoms with Gasteiger partial charge in [0.15, 0.2) is 0 Å². The van der Waals surface area contributed by atoms with Gasteiger partial charge in [-0.15, -0.1) is 0 Å². The Morgan fingerprint density at radius 2 is 1.87 bits per heavy atom. The number of carbonyl (C=O) groups is 1. The second-order valence-corrected chi connectivity index (χ2v) is 4.34. The van der Waals surface area contributed by atoms with Crippen LogP contribution in [0.5, 0.6) is 0 Å². The van der Waals surface area contributed by atoms with Crippen molar-refractivity contribution in [2.75, 3.05) is 0 Å². The third-order valence-electron chi connectivity index (χ3n) is 2.46. The number of hydrogen-bond donors (Lipinski definition) is 1. The van der Waals surface area contributed by atoms with Crippen molar-refractivity contribution < 1.29 is 4.79 Å². The van der Waals surface area contributed by atoms with E-state index in [1.165, 1.54) is 0 Å². The van der Waals surface area contributed by atoms with Gasteiger partial charge in [-0.1, -0.05) is 27.7 Å². The van der Waals surface area contributed by atoms with Crippen LogP contribution in [-0.4, -0.2) is 10.9 Å². The Kier molecular flexibility index (Phi) is 3.45. The summed E-state index contributed by atoms with van der Waals surface area (Å²) in [5.41, 5.74) is 7.88. The van der Waals surface area contributed by atoms with Crippen LogP contribution in [0.2, 0.25) is 0 Å². The summed E-state index contributed by atoms with van der Waals surface area (Å²) in [6.45, 7) is 8.31. The van der Waals surface area contributed by atoms with Crippen LogP contribution < -0.4 is 5.73 Å². The first-order chi connectivity index (χ1) is 6.95. The van der Waals surface area contributed by atoms with E-state index in [0.29, 0.717) is 11.6 Å². The van der Waals surface area contributed by atoms with Crippen LogP contribution in [0.25, 0.3) is 0 Å². The highest BCUT2D eigenvalue weighted by molar-refractivity contribution is 5.92. The lowest BCUT2D eigenvalue weighted by molar-refractivity contribution is 0.0994. The first kappa shape index (κ1) is 11.7. The molecule has 0 bridgehead atoms. The zero-order chi connectivity index (χ0) is 11.6. The molecule has 0 aromatic carbocycles. The van der Waals surface area contributed by atoms with E-state index in [1.807, 2.05) is 6.07 Å². The minimum absolute atomic E-state index is 0.263. The molecule has 1 rings (SSSR count). The molecule has 0 unspecified atom stereocenters. The lowest BCUT2D eigenvalue weighted by Gasteiger charge is -2.17. The van der Waals surface area contributed by atoms with Crippen molar-refractivity contribution in [2.24, 2.45) is 5.73 Å². The summed E-state index contributed by atoms with van der Waals surface area (Å²) in [5, 5.41) is 0. The highest BCUT2D eigenvalue weighted by atomic mass is 16.1. The van der Waals surface area contributed by atoms with Crippen LogP contribution >= 0.6 is 0 Å². The Balaban J connectivity index is 3.42. The van der Waals surface area contributed by atoms with Gasteiger partial charge in [0.2, 0.25) is 0 Å². The molecule has 15 heavy (non-hydrogen) atoms. The second-order valence-electron chi connectivity index (χ2n) is 4.34. The fourth-order valence-corrected chi connectivity index (χ4v) is 1.79. The molecule has 0 aliphatic rings. The molecule has 0 fully saturated rings. The van der Waals surface area contributed by atoms with Crippen LogP contribution in [0.1, 0.15) is 61.1 Å². The smallest absolute Gasteiger partial charge is 0.267 e. The molecule has 0 saturated heterocycles. The Morgan fingerprint density at radius 1 is 1.27 bits per heavy atom. The van der Waals surface area contributed by atoms with Gasteiger partial charge in [0.25, 0.3) is 5.91 Å². The third kappa shape index (κ3) is 2.35. The van der Waals surface area contributed by atoms with Gasteiger partial charge in [-0.05, 0) is 29.0 Å². The zero-order valence-electron chi connectivity index (χ0n) is 9.74. The number of rotatable bonds is 3. The van der Waals surface area contributed by atoms with Crippen LogP contribution in [0.4, 0.5) is 0 Å². The molecule has 0 radical (unpaired) electrons. The summed E-state index contributed by atoms with van der Waals surface area (Å²) >= 11 is 0. The fraction of sp³-hybridized carbons (Fsp3) is 0.500. The standard InChI is InChI=1S/C12H18N2O/c1-7(2)9-5-6-14-11(12(13)15)10(9)8(3)4/h5-8H,1-4H3,(H2,13,15). The minimum atomic E-state index is -0.443. The van der Waals surface area contributed by atoms with Gasteiger partial charge in [0, 0.05) is 6.20 Å². The summed E-state index contributed by atoms with van der Waals surface area (Å²) in [5.74, 6) is 0.198. The average molecular weight is 206 g/mol. The first-order valence-electron chi connectivity index (χ1n) is 5.23. The quantitative estimate of drug-likeness (QED) is 0.825. The Hall–Kier alpha value is -1.38. The normalized spacial score (nSPS) is 11.1. The van der Waals surface area contributed by atoms with Crippen molar-refractivity contribution in [1.29, 1.82) is 0 Å². The molecule has 1 heterocycles. The number of carbonyl (C=O) groups excluding carboxylic acids is 1. The maximum atomic E-state index is 11.3. The SMILES string of the molecule is CC(C)c1ccnc(C(N)=O)c1C(C)C. The van der Waals surface area contributed by atoms with Crippen molar-refractivity contribution in [3.05, 3.63) is 29.1 Å². The molecule has 1 aromatic rings. The highest BCUT2D eigenvalue weighted by Gasteiger charge is 2.18. The predicted molar refractivity (Wildman–Crippen MR) is 60.9 cm³/mol. The summed E-state index contributed by atoms with van der Waals surface area (Å²) in [6, 6.07) is 1.96. The molecule has 0 aliphatic carbocycles. The average Bonchev–Trinajstić information content (AvgIpc) is 2.16. The molecule has 1 amide bonds. The Bertz CT molecular complexity index is 370. The van der Waals surface area contributed by atoms with Crippen molar-refractivity contribution >= 4 is 5.91 Å². The fourth-order valence-electron chi connectivity index (χ4n) is 1.79. The van der Waals surface area contributed by atoms with Gasteiger partial charge < -0.3 is 5.73 Å². The molecular weight excluding hydrogens is 188 g/mol. The largest absolute Gasteiger partial charge is 0.364 e. The number of nitrogens with two attached hydrogens (primary N) is 1. The number of hydrogen-bond acceptors (Lipinski definition) is 2. The van der Waals surface area contributed by atoms with Crippen LogP contribution in [0.3, 0.4) is 0 Å². The van der Waals surface area contributed by atoms with Crippen molar-refractivity contribution in [3.8, 4) is 0 Å². The summed E-state index contributed by atoms with van der Waals surface area (Å²) in [6.07, 6.45) is 1.65. The number of amides is 1. The molecule has 0 aliphatic heterocycles. The summed E-state index contributed by atoms with van der Waals surface area (Å²) < 4.78 is 0. The Labute approximate surface area is 90.7 Å². The topological polar surface area (TPSA) is 56.0 Å². The van der Waals surface area contributed by atoms with Gasteiger partial charge in [0.1, 0.15) is 5.69 Å². The van der Waals surface area contributed by atoms with Crippen LogP contribution in [0.15, 0.2) is 12.3 Å². The van der Waals surface area contributed by atoms with Gasteiger partial charge in [-0.2, -0.15) is 0 Å². The van der Waals surface area contributed by atoms with Crippen molar-refractivity contribution in [1.82, 2.24) is 4.98 Å². The molecule has 1 aromatic heterocycles. The van der Waals surface area contributed by atoms with Gasteiger partial charge in [-0.3, -0.25) is 9.78 Å². The number of pyridine rings is 1. The van der Waals surface area contributed by atoms with E-state index in [9.17, 15) is 4.79 Å². The van der Waals surface area contributed by atoms with E-state index in [2.05, 4.69) is 32.7 Å². The minimum Gasteiger partial charge on any atom is -0.364 e. The highest BCUT2D eigenvalue weighted by Crippen LogP contribution is 2.27. The number of nitrogens with zero attached hydrogens (tertiary/aromatic N) is 1. The van der Waals surface area contributed by atoms with Gasteiger partial charge in [-0.25, -0.2) is 0 Å². The maximum absolute atomic E-state index is 11.3. The summed E-state index contributed by atoms with van der Waals surface area (Å²) in [4.78, 5) is 15.3. The monoisotopic (exact) mass is 206 g/mol. The van der Waals surface area contributed by atoms with Crippen LogP contribution in [-0.2, 0) is 0 Å². The lowest BCUT2D eigenvalue weighted by Crippen LogP contribution is -2.18. The molecule has 3 heteroatoms. The van der Waals surface area contributed by atoms with E-state index < -0.39 is 5.91 Å². The molecule has 0 saturated carbocycles. The predicted octanol–water partition coefficient (Wildman–Crippen LogP) is 2.43. The number of primary amides is 1. The second kappa shape index (κ2) is 4.43. The zero-order valence-corrected chi connectivity index (χ0v) is 9.74.